The Morgan fingerprint density at radius 1 is 1.28 bits per heavy atom. The summed E-state index contributed by atoms with van der Waals surface area (Å²) >= 11 is 0. The first-order chi connectivity index (χ1) is 11.7. The average molecular weight is 347 g/mol. The number of ether oxygens (including phenoxy) is 1. The van der Waals surface area contributed by atoms with Gasteiger partial charge in [0.05, 0.1) is 0 Å². The van der Waals surface area contributed by atoms with Gasteiger partial charge in [-0.1, -0.05) is 6.92 Å². The second-order valence-electron chi connectivity index (χ2n) is 7.90. The molecule has 2 heterocycles. The number of hydrogen-bond donors (Lipinski definition) is 1. The molecule has 1 aromatic rings. The predicted molar refractivity (Wildman–Crippen MR) is 96.2 cm³/mol. The first-order valence-electron chi connectivity index (χ1n) is 8.85. The highest BCUT2D eigenvalue weighted by atomic mass is 16.6. The highest BCUT2D eigenvalue weighted by Gasteiger charge is 2.34. The van der Waals surface area contributed by atoms with Crippen molar-refractivity contribution >= 4 is 12.0 Å². The van der Waals surface area contributed by atoms with Crippen LogP contribution in [-0.2, 0) is 4.74 Å². The molecule has 0 saturated carbocycles. The smallest absolute Gasteiger partial charge is 0.407 e. The largest absolute Gasteiger partial charge is 0.444 e. The third-order valence-corrected chi connectivity index (χ3v) is 4.58. The lowest BCUT2D eigenvalue weighted by molar-refractivity contribution is 0.0401. The van der Waals surface area contributed by atoms with Gasteiger partial charge in [-0.3, -0.25) is 9.78 Å². The van der Waals surface area contributed by atoms with Gasteiger partial charge in [0.25, 0.3) is 5.91 Å². The van der Waals surface area contributed by atoms with Gasteiger partial charge >= 0.3 is 6.09 Å². The van der Waals surface area contributed by atoms with Crippen molar-refractivity contribution in [3.8, 4) is 0 Å². The van der Waals surface area contributed by atoms with Gasteiger partial charge in [-0.15, -0.1) is 0 Å². The van der Waals surface area contributed by atoms with Crippen LogP contribution in [0, 0.1) is 11.8 Å². The number of likely N-dealkylation sites (tertiary alicyclic amines) is 1. The van der Waals surface area contributed by atoms with Crippen LogP contribution in [0.1, 0.15) is 51.4 Å². The van der Waals surface area contributed by atoms with Crippen molar-refractivity contribution in [2.75, 3.05) is 13.1 Å². The zero-order chi connectivity index (χ0) is 18.6. The lowest BCUT2D eigenvalue weighted by atomic mass is 9.83. The van der Waals surface area contributed by atoms with E-state index in [1.807, 2.05) is 25.7 Å². The van der Waals surface area contributed by atoms with Crippen LogP contribution in [0.15, 0.2) is 24.5 Å². The van der Waals surface area contributed by atoms with Gasteiger partial charge in [0, 0.05) is 37.1 Å². The van der Waals surface area contributed by atoms with Gasteiger partial charge in [0.1, 0.15) is 5.60 Å². The monoisotopic (exact) mass is 347 g/mol. The van der Waals surface area contributed by atoms with E-state index >= 15 is 0 Å². The molecule has 2 amide bonds. The molecule has 1 saturated heterocycles. The number of carbonyl (C=O) groups is 2. The van der Waals surface area contributed by atoms with E-state index in [2.05, 4.69) is 24.1 Å². The molecule has 1 fully saturated rings. The maximum absolute atomic E-state index is 12.8. The van der Waals surface area contributed by atoms with Crippen LogP contribution in [0.3, 0.4) is 0 Å². The van der Waals surface area contributed by atoms with Gasteiger partial charge in [0.15, 0.2) is 0 Å². The number of nitrogens with zero attached hydrogens (tertiary/aromatic N) is 2. The Hall–Kier alpha value is -2.11. The van der Waals surface area contributed by atoms with Crippen LogP contribution in [0.4, 0.5) is 4.79 Å². The summed E-state index contributed by atoms with van der Waals surface area (Å²) in [7, 11) is 0. The summed E-state index contributed by atoms with van der Waals surface area (Å²) in [5.74, 6) is 0.644. The third kappa shape index (κ3) is 5.44. The molecular weight excluding hydrogens is 318 g/mol. The fourth-order valence-corrected chi connectivity index (χ4v) is 3.21. The average Bonchev–Trinajstić information content (AvgIpc) is 2.52. The number of pyridine rings is 1. The van der Waals surface area contributed by atoms with E-state index in [1.54, 1.807) is 24.5 Å². The Balaban J connectivity index is 1.98. The van der Waals surface area contributed by atoms with Gasteiger partial charge in [-0.05, 0) is 58.1 Å². The van der Waals surface area contributed by atoms with E-state index in [0.717, 1.165) is 6.42 Å². The Bertz CT molecular complexity index is 598. The van der Waals surface area contributed by atoms with Crippen molar-refractivity contribution < 1.29 is 14.3 Å². The van der Waals surface area contributed by atoms with E-state index in [4.69, 9.17) is 4.74 Å². The van der Waals surface area contributed by atoms with Crippen molar-refractivity contribution in [2.45, 2.75) is 52.7 Å². The lowest BCUT2D eigenvalue weighted by Gasteiger charge is -2.42. The molecule has 1 aliphatic rings. The highest BCUT2D eigenvalue weighted by Crippen LogP contribution is 2.28. The van der Waals surface area contributed by atoms with E-state index in [1.165, 1.54) is 0 Å². The number of piperidine rings is 1. The number of hydrogen-bond acceptors (Lipinski definition) is 4. The van der Waals surface area contributed by atoms with Crippen LogP contribution >= 0.6 is 0 Å². The van der Waals surface area contributed by atoms with Gasteiger partial charge in [-0.2, -0.15) is 0 Å². The van der Waals surface area contributed by atoms with Crippen molar-refractivity contribution in [1.82, 2.24) is 15.2 Å². The number of amides is 2. The Morgan fingerprint density at radius 3 is 2.52 bits per heavy atom. The molecule has 1 aromatic heterocycles. The summed E-state index contributed by atoms with van der Waals surface area (Å²) in [6.07, 6.45) is 3.76. The molecule has 0 bridgehead atoms. The second kappa shape index (κ2) is 7.85. The summed E-state index contributed by atoms with van der Waals surface area (Å²) in [4.78, 5) is 30.5. The fourth-order valence-electron chi connectivity index (χ4n) is 3.21. The summed E-state index contributed by atoms with van der Waals surface area (Å²) in [6.45, 7) is 10.9. The van der Waals surface area contributed by atoms with E-state index in [-0.39, 0.29) is 17.9 Å². The molecule has 6 heteroatoms. The van der Waals surface area contributed by atoms with Crippen LogP contribution < -0.4 is 5.32 Å². The van der Waals surface area contributed by atoms with Crippen LogP contribution in [0.25, 0.3) is 0 Å². The molecule has 6 nitrogen and oxygen atoms in total. The molecule has 0 radical (unpaired) electrons. The molecule has 2 rings (SSSR count). The minimum absolute atomic E-state index is 0.0177. The molecule has 25 heavy (non-hydrogen) atoms. The molecule has 0 spiro atoms. The van der Waals surface area contributed by atoms with E-state index in [9.17, 15) is 9.59 Å². The summed E-state index contributed by atoms with van der Waals surface area (Å²) < 4.78 is 5.29. The van der Waals surface area contributed by atoms with Gasteiger partial charge < -0.3 is 15.0 Å². The molecule has 1 N–H and O–H groups in total. The lowest BCUT2D eigenvalue weighted by Crippen LogP contribution is -2.51. The first kappa shape index (κ1) is 19.2. The van der Waals surface area contributed by atoms with Gasteiger partial charge in [0.2, 0.25) is 0 Å². The second-order valence-corrected chi connectivity index (χ2v) is 7.90. The van der Waals surface area contributed by atoms with Crippen LogP contribution in [-0.4, -0.2) is 46.6 Å². The molecule has 0 aromatic carbocycles. The maximum atomic E-state index is 12.8. The van der Waals surface area contributed by atoms with Crippen molar-refractivity contribution in [3.63, 3.8) is 0 Å². The first-order valence-corrected chi connectivity index (χ1v) is 8.85. The van der Waals surface area contributed by atoms with E-state index < -0.39 is 11.7 Å². The molecule has 3 atom stereocenters. The molecule has 0 aliphatic carbocycles. The quantitative estimate of drug-likeness (QED) is 0.912. The number of alkyl carbamates (subject to hydrolysis) is 1. The number of carbonyl (C=O) groups excluding carboxylic acids is 2. The van der Waals surface area contributed by atoms with Crippen LogP contribution in [0.2, 0.25) is 0 Å². The van der Waals surface area contributed by atoms with Crippen molar-refractivity contribution in [2.24, 2.45) is 11.8 Å². The summed E-state index contributed by atoms with van der Waals surface area (Å²) in [6, 6.07) is 3.65. The Kier molecular flexibility index (Phi) is 6.03. The number of nitrogens with one attached hydrogen (secondary N) is 1. The predicted octanol–water partition coefficient (Wildman–Crippen LogP) is 3.09. The topological polar surface area (TPSA) is 71.5 Å². The molecule has 138 valence electrons. The number of rotatable bonds is 3. The van der Waals surface area contributed by atoms with E-state index in [0.29, 0.717) is 24.6 Å². The van der Waals surface area contributed by atoms with Crippen molar-refractivity contribution in [3.05, 3.63) is 30.1 Å². The summed E-state index contributed by atoms with van der Waals surface area (Å²) in [5, 5.41) is 2.84. The normalized spacial score (nSPS) is 23.9. The summed E-state index contributed by atoms with van der Waals surface area (Å²) in [5.41, 5.74) is 0.135. The maximum Gasteiger partial charge on any atom is 0.407 e. The highest BCUT2D eigenvalue weighted by molar-refractivity contribution is 5.94. The molecule has 3 unspecified atom stereocenters. The molecular formula is C19H29N3O3. The van der Waals surface area contributed by atoms with Crippen molar-refractivity contribution in [1.29, 1.82) is 0 Å². The standard InChI is InChI=1S/C19H29N3O3/c1-13-10-14(2)22(17(23)15-6-8-20-9-7-15)12-16(13)11-21-18(24)25-19(3,4)5/h6-9,13-14,16H,10-12H2,1-5H3,(H,21,24). The minimum atomic E-state index is -0.514. The zero-order valence-corrected chi connectivity index (χ0v) is 15.8. The Labute approximate surface area is 150 Å². The SMILES string of the molecule is CC1CC(C)N(C(=O)c2ccncc2)CC1CNC(=O)OC(C)(C)C. The van der Waals surface area contributed by atoms with Gasteiger partial charge in [-0.25, -0.2) is 4.79 Å². The van der Waals surface area contributed by atoms with Crippen LogP contribution in [0.5, 0.6) is 0 Å². The number of aromatic nitrogens is 1. The zero-order valence-electron chi connectivity index (χ0n) is 15.8. The fraction of sp³-hybridized carbons (Fsp3) is 0.632. The third-order valence-electron chi connectivity index (χ3n) is 4.58. The molecule has 1 aliphatic heterocycles. The minimum Gasteiger partial charge on any atom is -0.444 e. The Morgan fingerprint density at radius 2 is 1.92 bits per heavy atom.